The highest BCUT2D eigenvalue weighted by molar-refractivity contribution is 4.92. The van der Waals surface area contributed by atoms with Crippen molar-refractivity contribution in [2.75, 3.05) is 40.3 Å². The fourth-order valence-electron chi connectivity index (χ4n) is 2.73. The summed E-state index contributed by atoms with van der Waals surface area (Å²) in [4.78, 5) is 4.76. The van der Waals surface area contributed by atoms with E-state index < -0.39 is 0 Å². The summed E-state index contributed by atoms with van der Waals surface area (Å²) < 4.78 is 0. The van der Waals surface area contributed by atoms with E-state index in [2.05, 4.69) is 29.2 Å². The third kappa shape index (κ3) is 2.50. The van der Waals surface area contributed by atoms with E-state index in [1.165, 1.54) is 12.8 Å². The number of likely N-dealkylation sites (tertiary alicyclic amines) is 1. The number of rotatable bonds is 2. The molecule has 0 aromatic carbocycles. The Morgan fingerprint density at radius 1 is 1.33 bits per heavy atom. The molecule has 4 heteroatoms. The van der Waals surface area contributed by atoms with Crippen LogP contribution in [0.5, 0.6) is 0 Å². The number of aliphatic hydroxyl groups is 1. The standard InChI is InChI=1S/C11H23N3O/c1-13(2)9-4-3-5-14(8-9)10-6-12-7-11(10)15/h9-12,15H,3-8H2,1-2H3/t9?,10-,11-/m1/s1. The Bertz CT molecular complexity index is 210. The second-order valence-electron chi connectivity index (χ2n) is 5.05. The normalized spacial score (nSPS) is 38.8. The Kier molecular flexibility index (Phi) is 3.61. The number of aliphatic hydroxyl groups excluding tert-OH is 1. The minimum Gasteiger partial charge on any atom is -0.390 e. The zero-order valence-corrected chi connectivity index (χ0v) is 9.82. The van der Waals surface area contributed by atoms with Crippen molar-refractivity contribution in [2.24, 2.45) is 0 Å². The van der Waals surface area contributed by atoms with E-state index >= 15 is 0 Å². The summed E-state index contributed by atoms with van der Waals surface area (Å²) in [5.74, 6) is 0. The first-order chi connectivity index (χ1) is 7.18. The molecule has 0 bridgehead atoms. The number of nitrogens with one attached hydrogen (secondary N) is 1. The molecular formula is C11H23N3O. The fourth-order valence-corrected chi connectivity index (χ4v) is 2.73. The van der Waals surface area contributed by atoms with Crippen LogP contribution in [-0.4, -0.2) is 73.4 Å². The lowest BCUT2D eigenvalue weighted by Gasteiger charge is -2.40. The van der Waals surface area contributed by atoms with Crippen LogP contribution in [0.4, 0.5) is 0 Å². The SMILES string of the molecule is CN(C)C1CCCN([C@@H]2CNC[C@H]2O)C1. The molecule has 2 aliphatic rings. The van der Waals surface area contributed by atoms with Crippen LogP contribution < -0.4 is 5.32 Å². The first kappa shape index (κ1) is 11.3. The Hall–Kier alpha value is -0.160. The van der Waals surface area contributed by atoms with Gasteiger partial charge in [-0.3, -0.25) is 4.90 Å². The summed E-state index contributed by atoms with van der Waals surface area (Å²) in [6.45, 7) is 3.96. The van der Waals surface area contributed by atoms with E-state index in [4.69, 9.17) is 0 Å². The molecule has 0 aromatic heterocycles. The van der Waals surface area contributed by atoms with E-state index in [-0.39, 0.29) is 6.10 Å². The third-order valence-electron chi connectivity index (χ3n) is 3.78. The zero-order chi connectivity index (χ0) is 10.8. The summed E-state index contributed by atoms with van der Waals surface area (Å²) in [6.07, 6.45) is 2.37. The molecule has 0 spiro atoms. The van der Waals surface area contributed by atoms with Crippen molar-refractivity contribution in [3.63, 3.8) is 0 Å². The van der Waals surface area contributed by atoms with Gasteiger partial charge in [0.25, 0.3) is 0 Å². The molecule has 2 N–H and O–H groups in total. The van der Waals surface area contributed by atoms with Crippen LogP contribution >= 0.6 is 0 Å². The molecule has 1 unspecified atom stereocenters. The van der Waals surface area contributed by atoms with Gasteiger partial charge < -0.3 is 15.3 Å². The molecule has 15 heavy (non-hydrogen) atoms. The monoisotopic (exact) mass is 213 g/mol. The molecule has 0 radical (unpaired) electrons. The lowest BCUT2D eigenvalue weighted by molar-refractivity contribution is 0.0437. The molecule has 0 amide bonds. The summed E-state index contributed by atoms with van der Waals surface area (Å²) >= 11 is 0. The largest absolute Gasteiger partial charge is 0.390 e. The summed E-state index contributed by atoms with van der Waals surface area (Å²) in [7, 11) is 4.30. The third-order valence-corrected chi connectivity index (χ3v) is 3.78. The van der Waals surface area contributed by atoms with Crippen molar-refractivity contribution in [3.8, 4) is 0 Å². The second-order valence-corrected chi connectivity index (χ2v) is 5.05. The fraction of sp³-hybridized carbons (Fsp3) is 1.00. The molecule has 2 saturated heterocycles. The zero-order valence-electron chi connectivity index (χ0n) is 9.82. The van der Waals surface area contributed by atoms with Crippen molar-refractivity contribution in [1.82, 2.24) is 15.1 Å². The van der Waals surface area contributed by atoms with Crippen molar-refractivity contribution in [2.45, 2.75) is 31.0 Å². The molecule has 2 rings (SSSR count). The number of piperidine rings is 1. The van der Waals surface area contributed by atoms with Gasteiger partial charge >= 0.3 is 0 Å². The van der Waals surface area contributed by atoms with Crippen molar-refractivity contribution < 1.29 is 5.11 Å². The number of nitrogens with zero attached hydrogens (tertiary/aromatic N) is 2. The molecule has 2 fully saturated rings. The summed E-state index contributed by atoms with van der Waals surface area (Å²) in [5.41, 5.74) is 0. The van der Waals surface area contributed by atoms with Crippen LogP contribution in [0.3, 0.4) is 0 Å². The highest BCUT2D eigenvalue weighted by Crippen LogP contribution is 2.19. The van der Waals surface area contributed by atoms with Gasteiger partial charge in [0.15, 0.2) is 0 Å². The maximum Gasteiger partial charge on any atom is 0.0831 e. The van der Waals surface area contributed by atoms with E-state index in [0.717, 1.165) is 26.2 Å². The van der Waals surface area contributed by atoms with Gasteiger partial charge in [0, 0.05) is 31.7 Å². The predicted octanol–water partition coefficient (Wildman–Crippen LogP) is -0.655. The van der Waals surface area contributed by atoms with E-state index in [0.29, 0.717) is 12.1 Å². The van der Waals surface area contributed by atoms with Gasteiger partial charge in [-0.1, -0.05) is 0 Å². The van der Waals surface area contributed by atoms with Gasteiger partial charge in [-0.15, -0.1) is 0 Å². The number of hydrogen-bond acceptors (Lipinski definition) is 4. The van der Waals surface area contributed by atoms with Gasteiger partial charge in [-0.25, -0.2) is 0 Å². The van der Waals surface area contributed by atoms with Gasteiger partial charge in [0.1, 0.15) is 0 Å². The minimum atomic E-state index is -0.175. The number of likely N-dealkylation sites (N-methyl/N-ethyl adjacent to an activating group) is 1. The molecule has 88 valence electrons. The van der Waals surface area contributed by atoms with Gasteiger partial charge in [0.2, 0.25) is 0 Å². The van der Waals surface area contributed by atoms with Crippen LogP contribution in [-0.2, 0) is 0 Å². The Morgan fingerprint density at radius 3 is 2.73 bits per heavy atom. The van der Waals surface area contributed by atoms with Crippen molar-refractivity contribution in [3.05, 3.63) is 0 Å². The van der Waals surface area contributed by atoms with Gasteiger partial charge in [-0.2, -0.15) is 0 Å². The quantitative estimate of drug-likeness (QED) is 0.639. The van der Waals surface area contributed by atoms with Crippen LogP contribution in [0.2, 0.25) is 0 Å². The highest BCUT2D eigenvalue weighted by atomic mass is 16.3. The van der Waals surface area contributed by atoms with Crippen molar-refractivity contribution >= 4 is 0 Å². The summed E-state index contributed by atoms with van der Waals surface area (Å²) in [6, 6.07) is 0.999. The Balaban J connectivity index is 1.92. The van der Waals surface area contributed by atoms with E-state index in [1.807, 2.05) is 0 Å². The molecule has 0 aliphatic carbocycles. The summed E-state index contributed by atoms with van der Waals surface area (Å²) in [5, 5.41) is 13.1. The molecule has 4 nitrogen and oxygen atoms in total. The van der Waals surface area contributed by atoms with Crippen LogP contribution in [0.1, 0.15) is 12.8 Å². The van der Waals surface area contributed by atoms with Crippen LogP contribution in [0.25, 0.3) is 0 Å². The molecule has 3 atom stereocenters. The molecule has 2 heterocycles. The maximum atomic E-state index is 9.85. The lowest BCUT2D eigenvalue weighted by Crippen LogP contribution is -2.52. The predicted molar refractivity (Wildman–Crippen MR) is 60.9 cm³/mol. The van der Waals surface area contributed by atoms with Crippen LogP contribution in [0, 0.1) is 0 Å². The lowest BCUT2D eigenvalue weighted by atomic mass is 10.0. The van der Waals surface area contributed by atoms with E-state index in [9.17, 15) is 5.11 Å². The highest BCUT2D eigenvalue weighted by Gasteiger charge is 2.33. The Morgan fingerprint density at radius 2 is 2.13 bits per heavy atom. The molecule has 2 aliphatic heterocycles. The smallest absolute Gasteiger partial charge is 0.0831 e. The van der Waals surface area contributed by atoms with Gasteiger partial charge in [0.05, 0.1) is 6.10 Å². The van der Waals surface area contributed by atoms with Gasteiger partial charge in [-0.05, 0) is 33.5 Å². The maximum absolute atomic E-state index is 9.85. The average Bonchev–Trinajstić information content (AvgIpc) is 2.64. The molecular weight excluding hydrogens is 190 g/mol. The molecule has 0 aromatic rings. The van der Waals surface area contributed by atoms with Crippen molar-refractivity contribution in [1.29, 1.82) is 0 Å². The first-order valence-electron chi connectivity index (χ1n) is 5.97. The minimum absolute atomic E-state index is 0.175. The average molecular weight is 213 g/mol. The number of hydrogen-bond donors (Lipinski definition) is 2. The number of β-amino-alcohol motifs (C(OH)–C–C–N with tert-alkyl or cyclic N) is 1. The first-order valence-corrected chi connectivity index (χ1v) is 5.97. The molecule has 0 saturated carbocycles. The second kappa shape index (κ2) is 4.78. The Labute approximate surface area is 92.2 Å². The van der Waals surface area contributed by atoms with E-state index in [1.54, 1.807) is 0 Å². The van der Waals surface area contributed by atoms with Crippen LogP contribution in [0.15, 0.2) is 0 Å². The topological polar surface area (TPSA) is 38.7 Å².